The van der Waals surface area contributed by atoms with E-state index in [9.17, 15) is 10.1 Å². The van der Waals surface area contributed by atoms with Crippen molar-refractivity contribution < 1.29 is 9.32 Å². The number of hydrogen-bond donors (Lipinski definition) is 0. The van der Waals surface area contributed by atoms with E-state index in [-0.39, 0.29) is 5.91 Å². The van der Waals surface area contributed by atoms with Crippen LogP contribution in [0.1, 0.15) is 21.5 Å². The number of nitriles is 1. The largest absolute Gasteiger partial charge is 0.336 e. The van der Waals surface area contributed by atoms with Crippen molar-refractivity contribution in [1.82, 2.24) is 19.9 Å². The van der Waals surface area contributed by atoms with E-state index < -0.39 is 0 Å². The van der Waals surface area contributed by atoms with Crippen molar-refractivity contribution in [3.05, 3.63) is 95.6 Å². The summed E-state index contributed by atoms with van der Waals surface area (Å²) in [5.41, 5.74) is 3.89. The third-order valence-electron chi connectivity index (χ3n) is 6.00. The highest BCUT2D eigenvalue weighted by molar-refractivity contribution is 5.96. The molecule has 1 amide bonds. The number of amides is 1. The molecule has 168 valence electrons. The van der Waals surface area contributed by atoms with Crippen molar-refractivity contribution in [2.75, 3.05) is 26.2 Å². The van der Waals surface area contributed by atoms with Crippen molar-refractivity contribution in [2.24, 2.45) is 0 Å². The summed E-state index contributed by atoms with van der Waals surface area (Å²) in [6.45, 7) is 3.66. The zero-order valence-corrected chi connectivity index (χ0v) is 18.6. The summed E-state index contributed by atoms with van der Waals surface area (Å²) in [5, 5.41) is 13.4. The van der Waals surface area contributed by atoms with Gasteiger partial charge in [0.15, 0.2) is 0 Å². The van der Waals surface area contributed by atoms with Crippen molar-refractivity contribution in [3.8, 4) is 28.9 Å². The van der Waals surface area contributed by atoms with Gasteiger partial charge in [-0.3, -0.25) is 9.69 Å². The predicted molar refractivity (Wildman–Crippen MR) is 128 cm³/mol. The maximum absolute atomic E-state index is 12.8. The summed E-state index contributed by atoms with van der Waals surface area (Å²) in [6, 6.07) is 27.0. The molecule has 5 rings (SSSR count). The van der Waals surface area contributed by atoms with E-state index in [0.29, 0.717) is 35.9 Å². The van der Waals surface area contributed by atoms with Crippen LogP contribution in [0, 0.1) is 11.3 Å². The molecule has 34 heavy (non-hydrogen) atoms. The molecule has 2 heterocycles. The van der Waals surface area contributed by atoms with Gasteiger partial charge in [0.25, 0.3) is 11.8 Å². The molecule has 1 aliphatic heterocycles. The predicted octanol–water partition coefficient (Wildman–Crippen LogP) is 4.23. The minimum atomic E-state index is -0.0730. The first-order chi connectivity index (χ1) is 16.7. The number of carbonyl (C=O) groups is 1. The second-order valence-corrected chi connectivity index (χ2v) is 8.21. The number of aromatic nitrogens is 2. The fraction of sp³-hybridized carbons (Fsp3) is 0.185. The van der Waals surface area contributed by atoms with Gasteiger partial charge in [0.05, 0.1) is 17.2 Å². The van der Waals surface area contributed by atoms with Crippen LogP contribution in [0.3, 0.4) is 0 Å². The molecule has 0 aliphatic carbocycles. The molecule has 0 radical (unpaired) electrons. The quantitative estimate of drug-likeness (QED) is 0.453. The zero-order chi connectivity index (χ0) is 23.3. The highest BCUT2D eigenvalue weighted by atomic mass is 16.5. The monoisotopic (exact) mass is 449 g/mol. The molecule has 4 aromatic rings. The lowest BCUT2D eigenvalue weighted by Gasteiger charge is -2.35. The molecule has 3 aromatic carbocycles. The fourth-order valence-electron chi connectivity index (χ4n) is 4.10. The molecule has 1 aromatic heterocycles. The third-order valence-corrected chi connectivity index (χ3v) is 6.00. The molecule has 7 heteroatoms. The molecule has 1 saturated heterocycles. The van der Waals surface area contributed by atoms with Gasteiger partial charge >= 0.3 is 0 Å². The SMILES string of the molecule is N#Cc1ccccc1C(=O)N1CCN(Cc2ccc(-c3noc(-c4ccccc4)n3)cc2)CC1. The van der Waals surface area contributed by atoms with Gasteiger partial charge < -0.3 is 9.42 Å². The van der Waals surface area contributed by atoms with Crippen molar-refractivity contribution in [3.63, 3.8) is 0 Å². The van der Waals surface area contributed by atoms with E-state index in [4.69, 9.17) is 4.52 Å². The summed E-state index contributed by atoms with van der Waals surface area (Å²) in [5.74, 6) is 0.996. The smallest absolute Gasteiger partial charge is 0.258 e. The van der Waals surface area contributed by atoms with E-state index in [1.165, 1.54) is 5.56 Å². The van der Waals surface area contributed by atoms with E-state index in [2.05, 4.69) is 33.2 Å². The Morgan fingerprint density at radius 1 is 0.882 bits per heavy atom. The van der Waals surface area contributed by atoms with Gasteiger partial charge in [-0.25, -0.2) is 0 Å². The number of hydrogen-bond acceptors (Lipinski definition) is 6. The molecular formula is C27H23N5O2. The Kier molecular flexibility index (Phi) is 6.15. The average Bonchev–Trinajstić information content (AvgIpc) is 3.40. The van der Waals surface area contributed by atoms with E-state index >= 15 is 0 Å². The lowest BCUT2D eigenvalue weighted by atomic mass is 10.1. The standard InChI is InChI=1S/C27H23N5O2/c28-18-23-8-4-5-9-24(23)27(33)32-16-14-31(15-17-32)19-20-10-12-21(13-11-20)25-29-26(34-30-25)22-6-2-1-3-7-22/h1-13H,14-17,19H2. The molecule has 0 bridgehead atoms. The van der Waals surface area contributed by atoms with Crippen LogP contribution in [-0.2, 0) is 6.54 Å². The Labute approximate surface area is 197 Å². The number of benzene rings is 3. The Morgan fingerprint density at radius 2 is 1.59 bits per heavy atom. The molecule has 0 N–H and O–H groups in total. The van der Waals surface area contributed by atoms with Gasteiger partial charge in [0.1, 0.15) is 0 Å². The Hall–Kier alpha value is -4.28. The Bertz CT molecular complexity index is 1320. The average molecular weight is 450 g/mol. The number of rotatable bonds is 5. The summed E-state index contributed by atoms with van der Waals surface area (Å²) >= 11 is 0. The van der Waals surface area contributed by atoms with Crippen LogP contribution in [-0.4, -0.2) is 52.0 Å². The van der Waals surface area contributed by atoms with Crippen molar-refractivity contribution in [2.45, 2.75) is 6.54 Å². The van der Waals surface area contributed by atoms with Crippen LogP contribution >= 0.6 is 0 Å². The van der Waals surface area contributed by atoms with Crippen LogP contribution in [0.25, 0.3) is 22.8 Å². The van der Waals surface area contributed by atoms with Gasteiger partial charge in [0, 0.05) is 43.9 Å². The van der Waals surface area contributed by atoms with Gasteiger partial charge in [-0.15, -0.1) is 0 Å². The van der Waals surface area contributed by atoms with Crippen LogP contribution in [0.5, 0.6) is 0 Å². The molecule has 7 nitrogen and oxygen atoms in total. The first-order valence-electron chi connectivity index (χ1n) is 11.2. The molecule has 0 atom stereocenters. The van der Waals surface area contributed by atoms with Gasteiger partial charge in [-0.05, 0) is 29.8 Å². The van der Waals surface area contributed by atoms with Crippen LogP contribution in [0.2, 0.25) is 0 Å². The molecule has 1 fully saturated rings. The van der Waals surface area contributed by atoms with E-state index in [1.54, 1.807) is 24.3 Å². The molecular weight excluding hydrogens is 426 g/mol. The lowest BCUT2D eigenvalue weighted by Crippen LogP contribution is -2.48. The summed E-state index contributed by atoms with van der Waals surface area (Å²) in [4.78, 5) is 21.5. The number of nitrogens with zero attached hydrogens (tertiary/aromatic N) is 5. The molecule has 1 aliphatic rings. The second kappa shape index (κ2) is 9.69. The molecule has 0 spiro atoms. The normalized spacial score (nSPS) is 14.0. The molecule has 0 unspecified atom stereocenters. The van der Waals surface area contributed by atoms with Crippen LogP contribution in [0.4, 0.5) is 0 Å². The first-order valence-corrected chi connectivity index (χ1v) is 11.2. The minimum Gasteiger partial charge on any atom is -0.336 e. The summed E-state index contributed by atoms with van der Waals surface area (Å²) in [7, 11) is 0. The first kappa shape index (κ1) is 21.6. The lowest BCUT2D eigenvalue weighted by molar-refractivity contribution is 0.0628. The maximum Gasteiger partial charge on any atom is 0.258 e. The summed E-state index contributed by atoms with van der Waals surface area (Å²) in [6.07, 6.45) is 0. The zero-order valence-electron chi connectivity index (χ0n) is 18.6. The Morgan fingerprint density at radius 3 is 2.32 bits per heavy atom. The topological polar surface area (TPSA) is 86.3 Å². The van der Waals surface area contributed by atoms with E-state index in [0.717, 1.165) is 30.8 Å². The van der Waals surface area contributed by atoms with Crippen LogP contribution in [0.15, 0.2) is 83.4 Å². The fourth-order valence-corrected chi connectivity index (χ4v) is 4.10. The summed E-state index contributed by atoms with van der Waals surface area (Å²) < 4.78 is 5.41. The minimum absolute atomic E-state index is 0.0730. The van der Waals surface area contributed by atoms with Gasteiger partial charge in [-0.1, -0.05) is 59.8 Å². The van der Waals surface area contributed by atoms with Crippen molar-refractivity contribution >= 4 is 5.91 Å². The van der Waals surface area contributed by atoms with Gasteiger partial charge in [-0.2, -0.15) is 10.2 Å². The van der Waals surface area contributed by atoms with Crippen LogP contribution < -0.4 is 0 Å². The van der Waals surface area contributed by atoms with E-state index in [1.807, 2.05) is 47.4 Å². The Balaban J connectivity index is 1.18. The van der Waals surface area contributed by atoms with Gasteiger partial charge in [0.2, 0.25) is 5.82 Å². The van der Waals surface area contributed by atoms with Crippen molar-refractivity contribution in [1.29, 1.82) is 5.26 Å². The third kappa shape index (κ3) is 4.58. The highest BCUT2D eigenvalue weighted by Crippen LogP contribution is 2.23. The molecule has 0 saturated carbocycles. The number of carbonyl (C=O) groups excluding carboxylic acids is 1. The second-order valence-electron chi connectivity index (χ2n) is 8.21. The highest BCUT2D eigenvalue weighted by Gasteiger charge is 2.23. The number of piperazine rings is 1. The maximum atomic E-state index is 12.8.